The van der Waals surface area contributed by atoms with Gasteiger partial charge in [0, 0.05) is 20.6 Å². The van der Waals surface area contributed by atoms with Crippen molar-refractivity contribution in [3.8, 4) is 0 Å². The van der Waals surface area contributed by atoms with E-state index in [0.717, 1.165) is 0 Å². The highest BCUT2D eigenvalue weighted by Crippen LogP contribution is 1.88. The molecule has 9 heavy (non-hydrogen) atoms. The molecule has 0 aliphatic carbocycles. The van der Waals surface area contributed by atoms with E-state index in [9.17, 15) is 0 Å². The van der Waals surface area contributed by atoms with Gasteiger partial charge in [-0.3, -0.25) is 0 Å². The second kappa shape index (κ2) is 10.5. The van der Waals surface area contributed by atoms with Crippen molar-refractivity contribution in [2.45, 2.75) is 33.8 Å². The van der Waals surface area contributed by atoms with Crippen LogP contribution in [0, 0.1) is 5.89 Å². The van der Waals surface area contributed by atoms with Crippen LogP contribution >= 0.6 is 0 Å². The molecule has 0 atom stereocenters. The molecular weight excluding hydrogens is 108 g/mol. The van der Waals surface area contributed by atoms with Crippen molar-refractivity contribution in [1.82, 2.24) is 0 Å². The number of hydrogen-bond donors (Lipinski definition) is 0. The average molecular weight is 143 g/mol. The van der Waals surface area contributed by atoms with Crippen LogP contribution in [0.15, 0.2) is 18.3 Å². The van der Waals surface area contributed by atoms with Gasteiger partial charge in [-0.25, -0.2) is 0 Å². The summed E-state index contributed by atoms with van der Waals surface area (Å²) in [5.74, 6) is -2.84. The van der Waals surface area contributed by atoms with Crippen LogP contribution < -0.4 is 0 Å². The SMILES string of the molecule is [2H]C([2H])([2H])C([2H])([2H])C([2H])([2H])[2H].[2H]C([2H])=C=CC([2H])(C([2H])([2H])[2H])C([2H])([2H])[2H]. The first-order valence-corrected chi connectivity index (χ1v) is 1.83. The average Bonchev–Trinajstić information content (AvgIpc) is 2.30. The summed E-state index contributed by atoms with van der Waals surface area (Å²) in [7, 11) is 0. The zero-order valence-corrected chi connectivity index (χ0v) is 4.58. The van der Waals surface area contributed by atoms with E-state index in [2.05, 4.69) is 0 Å². The van der Waals surface area contributed by atoms with Gasteiger partial charge in [0.1, 0.15) is 0 Å². The van der Waals surface area contributed by atoms with E-state index in [1.165, 1.54) is 0 Å². The predicted octanol–water partition coefficient (Wildman–Crippen LogP) is 3.40. The molecule has 0 aromatic rings. The second-order valence-electron chi connectivity index (χ2n) is 0.827. The molecule has 0 nitrogen and oxygen atoms in total. The van der Waals surface area contributed by atoms with Gasteiger partial charge in [-0.1, -0.05) is 40.3 Å². The highest BCUT2D eigenvalue weighted by Gasteiger charge is 1.76. The minimum absolute atomic E-state index is 0.433. The van der Waals surface area contributed by atoms with Crippen molar-refractivity contribution in [3.05, 3.63) is 18.3 Å². The van der Waals surface area contributed by atoms with Crippen LogP contribution in [0.1, 0.15) is 57.1 Å². The summed E-state index contributed by atoms with van der Waals surface area (Å²) in [6.07, 6.45) is -2.69. The first-order chi connectivity index (χ1) is 10.9. The van der Waals surface area contributed by atoms with Gasteiger partial charge in [-0.15, -0.1) is 5.73 Å². The quantitative estimate of drug-likeness (QED) is 0.494. The Morgan fingerprint density at radius 2 is 2.78 bits per heavy atom. The molecule has 0 aromatic heterocycles. The Labute approximate surface area is 83.2 Å². The second-order valence-corrected chi connectivity index (χ2v) is 0.827. The Kier molecular flexibility index (Phi) is 1.02. The van der Waals surface area contributed by atoms with E-state index in [4.69, 9.17) is 23.3 Å². The molecule has 0 fully saturated rings. The van der Waals surface area contributed by atoms with Crippen molar-refractivity contribution in [2.24, 2.45) is 5.89 Å². The monoisotopic (exact) mass is 143 g/mol. The molecule has 0 heterocycles. The van der Waals surface area contributed by atoms with Gasteiger partial charge < -0.3 is 0 Å². The molecule has 0 aliphatic heterocycles. The van der Waals surface area contributed by atoms with E-state index in [1.807, 2.05) is 5.73 Å². The van der Waals surface area contributed by atoms with Crippen molar-refractivity contribution in [1.29, 1.82) is 0 Å². The van der Waals surface area contributed by atoms with E-state index in [1.54, 1.807) is 0 Å². The van der Waals surface area contributed by atoms with Crippen molar-refractivity contribution < 1.29 is 23.3 Å². The minimum Gasteiger partial charge on any atom is -0.133 e. The molecule has 0 spiro atoms. The van der Waals surface area contributed by atoms with Gasteiger partial charge >= 0.3 is 0 Å². The molecule has 0 amide bonds. The van der Waals surface area contributed by atoms with E-state index >= 15 is 0 Å². The van der Waals surface area contributed by atoms with Gasteiger partial charge in [-0.05, 0) is 12.0 Å². The summed E-state index contributed by atoms with van der Waals surface area (Å²) in [6.45, 7) is -13.2. The Hall–Kier alpha value is -0.480. The maximum atomic E-state index is 7.39. The van der Waals surface area contributed by atoms with Gasteiger partial charge in [-0.2, -0.15) is 0 Å². The van der Waals surface area contributed by atoms with Crippen LogP contribution in [0.3, 0.4) is 0 Å². The maximum absolute atomic E-state index is 7.39. The Balaban J connectivity index is 0. The van der Waals surface area contributed by atoms with Crippen molar-refractivity contribution >= 4 is 0 Å². The Morgan fingerprint density at radius 1 is 2.00 bits per heavy atom. The van der Waals surface area contributed by atoms with Gasteiger partial charge in [0.05, 0.1) is 2.74 Å². The van der Waals surface area contributed by atoms with Crippen LogP contribution in [-0.4, -0.2) is 0 Å². The number of rotatable bonds is 1. The molecule has 0 saturated heterocycles. The molecule has 0 saturated carbocycles. The first kappa shape index (κ1) is 0.871. The van der Waals surface area contributed by atoms with Crippen LogP contribution in [0.2, 0.25) is 0 Å². The molecule has 0 radical (unpaired) electrons. The molecule has 0 unspecified atom stereocenters. The third-order valence-electron chi connectivity index (χ3n) is 0.217. The van der Waals surface area contributed by atoms with Crippen LogP contribution in [-0.2, 0) is 0 Å². The predicted molar refractivity (Wildman–Crippen MR) is 44.5 cm³/mol. The lowest BCUT2D eigenvalue weighted by Gasteiger charge is -1.84. The lowest BCUT2D eigenvalue weighted by Crippen LogP contribution is -1.72. The third-order valence-corrected chi connectivity index (χ3v) is 0.217. The summed E-state index contributed by atoms with van der Waals surface area (Å²) in [5, 5.41) is 0. The molecule has 0 aliphatic rings. The van der Waals surface area contributed by atoms with Crippen LogP contribution in [0.5, 0.6) is 0 Å². The lowest BCUT2D eigenvalue weighted by molar-refractivity contribution is 0.833. The highest BCUT2D eigenvalue weighted by atomic mass is 13.8. The zero-order valence-electron chi connectivity index (χ0n) is 21.6. The first-order valence-electron chi connectivity index (χ1n) is 10.3. The largest absolute Gasteiger partial charge is 0.133 e. The van der Waals surface area contributed by atoms with Crippen LogP contribution in [0.4, 0.5) is 0 Å². The molecular formula is C9H18. The number of hydrogen-bond acceptors (Lipinski definition) is 0. The van der Waals surface area contributed by atoms with Crippen molar-refractivity contribution in [3.63, 3.8) is 0 Å². The summed E-state index contributed by atoms with van der Waals surface area (Å²) < 4.78 is 116. The summed E-state index contributed by atoms with van der Waals surface area (Å²) in [4.78, 5) is 0. The Bertz CT molecular complexity index is 482. The highest BCUT2D eigenvalue weighted by molar-refractivity contribution is 4.78. The molecule has 0 aromatic carbocycles. The smallest absolute Gasteiger partial charge is 0.0627 e. The fourth-order valence-corrected chi connectivity index (χ4v) is 0.0722. The summed E-state index contributed by atoms with van der Waals surface area (Å²) >= 11 is 0. The minimum atomic E-state index is -3.12. The topological polar surface area (TPSA) is 0 Å². The molecule has 0 bridgehead atoms. The number of allylic oxidation sites excluding steroid dienone is 1. The molecule has 0 heteroatoms. The van der Waals surface area contributed by atoms with Gasteiger partial charge in [0.15, 0.2) is 0 Å². The molecule has 0 N–H and O–H groups in total. The van der Waals surface area contributed by atoms with Crippen molar-refractivity contribution in [2.75, 3.05) is 0 Å². The summed E-state index contributed by atoms with van der Waals surface area (Å²) in [5.41, 5.74) is 1.82. The standard InChI is InChI=1S/C6H10.C3H8/c1-4-5-6(2)3;1-3-2/h5-6H,1H2,2-3H3;3H2,1-2H3/i1D2,2D3,3D3,6D;1D3,2D3,3D2. The fraction of sp³-hybridized carbons (Fsp3) is 0.667. The molecule has 54 valence electrons. The van der Waals surface area contributed by atoms with Crippen LogP contribution in [0.25, 0.3) is 0 Å². The summed E-state index contributed by atoms with van der Waals surface area (Å²) in [6, 6.07) is 0. The van der Waals surface area contributed by atoms with E-state index in [-0.39, 0.29) is 0 Å². The third kappa shape index (κ3) is 36.1. The van der Waals surface area contributed by atoms with E-state index < -0.39 is 46.2 Å². The maximum Gasteiger partial charge on any atom is 0.0627 e. The van der Waals surface area contributed by atoms with E-state index in [0.29, 0.717) is 6.08 Å². The Morgan fingerprint density at radius 3 is 3.11 bits per heavy atom. The fourth-order valence-electron chi connectivity index (χ4n) is 0.0722. The van der Waals surface area contributed by atoms with Gasteiger partial charge in [0.25, 0.3) is 0 Å². The molecule has 0 rings (SSSR count). The zero-order chi connectivity index (χ0) is 22.0. The lowest BCUT2D eigenvalue weighted by atomic mass is 10.2. The van der Waals surface area contributed by atoms with Gasteiger partial charge in [0.2, 0.25) is 0 Å². The normalized spacial score (nSPS) is 42.9.